The molecule has 2 amide bonds. The van der Waals surface area contributed by atoms with Crippen LogP contribution in [0.3, 0.4) is 0 Å². The lowest BCUT2D eigenvalue weighted by Crippen LogP contribution is -2.29. The topological polar surface area (TPSA) is 95.5 Å². The highest BCUT2D eigenvalue weighted by Gasteiger charge is 2.19. The molecule has 0 heterocycles. The van der Waals surface area contributed by atoms with Crippen molar-refractivity contribution in [1.29, 1.82) is 0 Å². The van der Waals surface area contributed by atoms with E-state index in [0.29, 0.717) is 11.3 Å². The molecule has 2 rings (SSSR count). The number of aliphatic carboxylic acids is 1. The quantitative estimate of drug-likeness (QED) is 0.714. The molecule has 0 bridgehead atoms. The SMILES string of the molecule is O=C(O)CNC(=O)c1ccc(NC(=O)C2CC=CC2)cc1. The molecule has 0 unspecified atom stereocenters. The lowest BCUT2D eigenvalue weighted by atomic mass is 10.1. The fourth-order valence-electron chi connectivity index (χ4n) is 2.04. The zero-order chi connectivity index (χ0) is 15.2. The second kappa shape index (κ2) is 6.69. The third-order valence-electron chi connectivity index (χ3n) is 3.19. The average molecular weight is 288 g/mol. The van der Waals surface area contributed by atoms with Crippen LogP contribution in [-0.2, 0) is 9.59 Å². The van der Waals surface area contributed by atoms with Crippen LogP contribution in [0.4, 0.5) is 5.69 Å². The Hall–Kier alpha value is -2.63. The van der Waals surface area contributed by atoms with Gasteiger partial charge in [-0.25, -0.2) is 0 Å². The van der Waals surface area contributed by atoms with Gasteiger partial charge in [0.05, 0.1) is 0 Å². The fraction of sp³-hybridized carbons (Fsp3) is 0.267. The van der Waals surface area contributed by atoms with E-state index in [4.69, 9.17) is 5.11 Å². The number of benzene rings is 1. The summed E-state index contributed by atoms with van der Waals surface area (Å²) in [4.78, 5) is 33.9. The number of allylic oxidation sites excluding steroid dienone is 2. The molecule has 1 aromatic rings. The number of amides is 2. The minimum Gasteiger partial charge on any atom is -0.480 e. The molecule has 0 fully saturated rings. The Balaban J connectivity index is 1.90. The molecule has 21 heavy (non-hydrogen) atoms. The van der Waals surface area contributed by atoms with Gasteiger partial charge in [0.15, 0.2) is 0 Å². The molecule has 0 radical (unpaired) electrons. The number of anilines is 1. The summed E-state index contributed by atoms with van der Waals surface area (Å²) in [6, 6.07) is 6.32. The van der Waals surface area contributed by atoms with E-state index < -0.39 is 18.4 Å². The molecule has 0 aromatic heterocycles. The van der Waals surface area contributed by atoms with E-state index in [9.17, 15) is 14.4 Å². The number of carbonyl (C=O) groups is 3. The molecule has 6 heteroatoms. The number of hydrogen-bond acceptors (Lipinski definition) is 3. The zero-order valence-corrected chi connectivity index (χ0v) is 11.3. The summed E-state index contributed by atoms with van der Waals surface area (Å²) in [6.07, 6.45) is 5.48. The van der Waals surface area contributed by atoms with Crippen molar-refractivity contribution in [2.45, 2.75) is 12.8 Å². The normalized spacial score (nSPS) is 13.9. The van der Waals surface area contributed by atoms with Gasteiger partial charge in [0.2, 0.25) is 5.91 Å². The van der Waals surface area contributed by atoms with Crippen molar-refractivity contribution < 1.29 is 19.5 Å². The van der Waals surface area contributed by atoms with Crippen LogP contribution in [0.1, 0.15) is 23.2 Å². The predicted octanol–water partition coefficient (Wildman–Crippen LogP) is 1.41. The number of carboxylic acids is 1. The lowest BCUT2D eigenvalue weighted by molar-refractivity contribution is -0.135. The summed E-state index contributed by atoms with van der Waals surface area (Å²) in [5.74, 6) is -1.63. The summed E-state index contributed by atoms with van der Waals surface area (Å²) < 4.78 is 0. The molecule has 6 nitrogen and oxygen atoms in total. The smallest absolute Gasteiger partial charge is 0.322 e. The van der Waals surface area contributed by atoms with Gasteiger partial charge in [-0.2, -0.15) is 0 Å². The fourth-order valence-corrected chi connectivity index (χ4v) is 2.04. The van der Waals surface area contributed by atoms with Gasteiger partial charge in [0, 0.05) is 17.2 Å². The maximum Gasteiger partial charge on any atom is 0.322 e. The molecule has 1 aliphatic rings. The van der Waals surface area contributed by atoms with Gasteiger partial charge in [-0.3, -0.25) is 14.4 Å². The molecule has 0 spiro atoms. The van der Waals surface area contributed by atoms with Gasteiger partial charge in [-0.05, 0) is 37.1 Å². The van der Waals surface area contributed by atoms with Gasteiger partial charge in [0.1, 0.15) is 6.54 Å². The van der Waals surface area contributed by atoms with Crippen LogP contribution >= 0.6 is 0 Å². The van der Waals surface area contributed by atoms with E-state index in [-0.39, 0.29) is 11.8 Å². The van der Waals surface area contributed by atoms with Crippen LogP contribution < -0.4 is 10.6 Å². The van der Waals surface area contributed by atoms with Crippen LogP contribution in [0.5, 0.6) is 0 Å². The highest BCUT2D eigenvalue weighted by Crippen LogP contribution is 2.20. The van der Waals surface area contributed by atoms with E-state index in [0.717, 1.165) is 12.8 Å². The van der Waals surface area contributed by atoms with Crippen LogP contribution in [0.25, 0.3) is 0 Å². The summed E-state index contributed by atoms with van der Waals surface area (Å²) in [5, 5.41) is 13.6. The predicted molar refractivity (Wildman–Crippen MR) is 76.9 cm³/mol. The summed E-state index contributed by atoms with van der Waals surface area (Å²) >= 11 is 0. The van der Waals surface area contributed by atoms with Crippen molar-refractivity contribution in [2.24, 2.45) is 5.92 Å². The van der Waals surface area contributed by atoms with Crippen molar-refractivity contribution >= 4 is 23.5 Å². The number of nitrogens with one attached hydrogen (secondary N) is 2. The summed E-state index contributed by atoms with van der Waals surface area (Å²) in [6.45, 7) is -0.425. The monoisotopic (exact) mass is 288 g/mol. The van der Waals surface area contributed by atoms with E-state index in [1.807, 2.05) is 12.2 Å². The molecule has 3 N–H and O–H groups in total. The molecule has 0 atom stereocenters. The highest BCUT2D eigenvalue weighted by atomic mass is 16.4. The van der Waals surface area contributed by atoms with E-state index in [1.54, 1.807) is 24.3 Å². The average Bonchev–Trinajstić information content (AvgIpc) is 3.00. The molecule has 0 saturated carbocycles. The van der Waals surface area contributed by atoms with E-state index >= 15 is 0 Å². The molecular weight excluding hydrogens is 272 g/mol. The van der Waals surface area contributed by atoms with Gasteiger partial charge in [-0.1, -0.05) is 12.2 Å². The summed E-state index contributed by atoms with van der Waals surface area (Å²) in [7, 11) is 0. The number of carboxylic acid groups (broad SMARTS) is 1. The van der Waals surface area contributed by atoms with Crippen LogP contribution in [0.15, 0.2) is 36.4 Å². The van der Waals surface area contributed by atoms with Gasteiger partial charge in [-0.15, -0.1) is 0 Å². The number of hydrogen-bond donors (Lipinski definition) is 3. The Labute approximate surface area is 121 Å². The van der Waals surface area contributed by atoms with E-state index in [2.05, 4.69) is 10.6 Å². The molecular formula is C15H16N2O4. The van der Waals surface area contributed by atoms with Gasteiger partial charge < -0.3 is 15.7 Å². The van der Waals surface area contributed by atoms with Gasteiger partial charge in [0.25, 0.3) is 5.91 Å². The minimum absolute atomic E-state index is 0.0245. The Kier molecular flexibility index (Phi) is 4.71. The molecule has 1 aliphatic carbocycles. The van der Waals surface area contributed by atoms with Crippen molar-refractivity contribution in [3.63, 3.8) is 0 Å². The maximum atomic E-state index is 11.9. The first-order valence-corrected chi connectivity index (χ1v) is 6.62. The Morgan fingerprint density at radius 2 is 1.71 bits per heavy atom. The first-order chi connectivity index (χ1) is 10.1. The van der Waals surface area contributed by atoms with Crippen molar-refractivity contribution in [2.75, 3.05) is 11.9 Å². The summed E-state index contributed by atoms with van der Waals surface area (Å²) in [5.41, 5.74) is 0.957. The lowest BCUT2D eigenvalue weighted by Gasteiger charge is -2.10. The first kappa shape index (κ1) is 14.8. The molecule has 0 saturated heterocycles. The maximum absolute atomic E-state index is 11.9. The molecule has 0 aliphatic heterocycles. The second-order valence-electron chi connectivity index (χ2n) is 4.78. The molecule has 110 valence electrons. The molecule has 1 aromatic carbocycles. The second-order valence-corrected chi connectivity index (χ2v) is 4.78. The zero-order valence-electron chi connectivity index (χ0n) is 11.3. The number of rotatable bonds is 5. The standard InChI is InChI=1S/C15H16N2O4/c18-13(19)9-16-14(20)11-5-7-12(8-6-11)17-15(21)10-3-1-2-4-10/h1-2,5-8,10H,3-4,9H2,(H,16,20)(H,17,21)(H,18,19). The van der Waals surface area contributed by atoms with Crippen LogP contribution in [0.2, 0.25) is 0 Å². The Morgan fingerprint density at radius 3 is 2.29 bits per heavy atom. The highest BCUT2D eigenvalue weighted by molar-refractivity contribution is 5.97. The van der Waals surface area contributed by atoms with E-state index in [1.165, 1.54) is 0 Å². The first-order valence-electron chi connectivity index (χ1n) is 6.62. The largest absolute Gasteiger partial charge is 0.480 e. The number of carbonyl (C=O) groups excluding carboxylic acids is 2. The third-order valence-corrected chi connectivity index (χ3v) is 3.19. The van der Waals surface area contributed by atoms with Gasteiger partial charge >= 0.3 is 5.97 Å². The minimum atomic E-state index is -1.10. The van der Waals surface area contributed by atoms with Crippen LogP contribution in [-0.4, -0.2) is 29.4 Å². The van der Waals surface area contributed by atoms with Crippen molar-refractivity contribution in [3.8, 4) is 0 Å². The van der Waals surface area contributed by atoms with Crippen molar-refractivity contribution in [1.82, 2.24) is 5.32 Å². The third kappa shape index (κ3) is 4.17. The Morgan fingerprint density at radius 1 is 1.10 bits per heavy atom. The van der Waals surface area contributed by atoms with Crippen molar-refractivity contribution in [3.05, 3.63) is 42.0 Å². The Bertz CT molecular complexity index is 570. The van der Waals surface area contributed by atoms with Crippen LogP contribution in [0, 0.1) is 5.92 Å².